The maximum atomic E-state index is 10.2. The molecule has 0 rings (SSSR count). The van der Waals surface area contributed by atoms with Crippen LogP contribution < -0.4 is 5.73 Å². The molecule has 0 unspecified atom stereocenters. The number of carbonyl (C=O) groups is 1. The summed E-state index contributed by atoms with van der Waals surface area (Å²) in [7, 11) is 0. The molecular formula is C7H15NO2S. The summed E-state index contributed by atoms with van der Waals surface area (Å²) in [5, 5.41) is 8.96. The molecule has 0 aliphatic carbocycles. The molecule has 66 valence electrons. The maximum Gasteiger partial charge on any atom is 0.320 e. The first-order chi connectivity index (χ1) is 5.04. The number of rotatable bonds is 5. The number of carboxylic acid groups (broad SMARTS) is 1. The standard InChI is InChI=1S/C7H15NO2S/c1-5(2)11-4-3-6(8)7(9)10/h5-6H,3-4,8H2,1-2H3,(H,9,10)/t6-/m0/s1. The number of thioether (sulfide) groups is 1. The quantitative estimate of drug-likeness (QED) is 0.655. The van der Waals surface area contributed by atoms with Gasteiger partial charge in [-0.15, -0.1) is 0 Å². The number of hydrogen-bond acceptors (Lipinski definition) is 3. The third-order valence-electron chi connectivity index (χ3n) is 1.20. The topological polar surface area (TPSA) is 63.3 Å². The van der Waals surface area contributed by atoms with Crippen LogP contribution in [-0.2, 0) is 4.79 Å². The van der Waals surface area contributed by atoms with Crippen molar-refractivity contribution >= 4 is 17.7 Å². The van der Waals surface area contributed by atoms with Crippen LogP contribution in [0.4, 0.5) is 0 Å². The fourth-order valence-corrected chi connectivity index (χ4v) is 1.42. The molecule has 0 aromatic carbocycles. The van der Waals surface area contributed by atoms with E-state index < -0.39 is 12.0 Å². The van der Waals surface area contributed by atoms with Gasteiger partial charge in [-0.1, -0.05) is 13.8 Å². The number of hydrogen-bond donors (Lipinski definition) is 2. The fourth-order valence-electron chi connectivity index (χ4n) is 0.554. The highest BCUT2D eigenvalue weighted by atomic mass is 32.2. The van der Waals surface area contributed by atoms with E-state index >= 15 is 0 Å². The van der Waals surface area contributed by atoms with E-state index in [9.17, 15) is 4.79 Å². The van der Waals surface area contributed by atoms with E-state index in [1.54, 1.807) is 11.8 Å². The predicted octanol–water partition coefficient (Wildman–Crippen LogP) is 0.930. The first-order valence-electron chi connectivity index (χ1n) is 3.64. The molecule has 3 N–H and O–H groups in total. The summed E-state index contributed by atoms with van der Waals surface area (Å²) in [6.45, 7) is 4.16. The molecule has 4 heteroatoms. The zero-order valence-electron chi connectivity index (χ0n) is 6.91. The van der Waals surface area contributed by atoms with Crippen LogP contribution in [-0.4, -0.2) is 28.1 Å². The Bertz CT molecular complexity index is 128. The van der Waals surface area contributed by atoms with Crippen LogP contribution in [0.3, 0.4) is 0 Å². The van der Waals surface area contributed by atoms with Crippen molar-refractivity contribution in [1.29, 1.82) is 0 Å². The van der Waals surface area contributed by atoms with Gasteiger partial charge in [0.25, 0.3) is 0 Å². The molecule has 1 atom stereocenters. The van der Waals surface area contributed by atoms with Crippen LogP contribution in [0.15, 0.2) is 0 Å². The molecule has 0 bridgehead atoms. The monoisotopic (exact) mass is 177 g/mol. The van der Waals surface area contributed by atoms with Gasteiger partial charge in [0.1, 0.15) is 6.04 Å². The summed E-state index contributed by atoms with van der Waals surface area (Å²) in [5.41, 5.74) is 5.29. The van der Waals surface area contributed by atoms with Crippen molar-refractivity contribution in [1.82, 2.24) is 0 Å². The molecule has 0 aliphatic heterocycles. The summed E-state index contributed by atoms with van der Waals surface area (Å²) in [4.78, 5) is 10.2. The van der Waals surface area contributed by atoms with E-state index in [4.69, 9.17) is 10.8 Å². The Morgan fingerprint density at radius 2 is 2.18 bits per heavy atom. The van der Waals surface area contributed by atoms with Gasteiger partial charge in [-0.2, -0.15) is 11.8 Å². The highest BCUT2D eigenvalue weighted by Gasteiger charge is 2.10. The first kappa shape index (κ1) is 10.8. The molecule has 0 amide bonds. The molecule has 0 aromatic rings. The molecule has 0 aliphatic rings. The zero-order chi connectivity index (χ0) is 8.85. The molecule has 11 heavy (non-hydrogen) atoms. The molecule has 0 radical (unpaired) electrons. The molecule has 3 nitrogen and oxygen atoms in total. The number of nitrogens with two attached hydrogens (primary N) is 1. The molecule has 0 aromatic heterocycles. The molecule has 0 saturated heterocycles. The lowest BCUT2D eigenvalue weighted by Crippen LogP contribution is -2.30. The Labute approximate surface area is 71.3 Å². The second kappa shape index (κ2) is 5.43. The largest absolute Gasteiger partial charge is 0.480 e. The minimum atomic E-state index is -0.908. The van der Waals surface area contributed by atoms with Crippen LogP contribution in [0, 0.1) is 0 Å². The number of aliphatic carboxylic acids is 1. The van der Waals surface area contributed by atoms with Crippen LogP contribution in [0.25, 0.3) is 0 Å². The predicted molar refractivity (Wildman–Crippen MR) is 47.8 cm³/mol. The van der Waals surface area contributed by atoms with Gasteiger partial charge in [0.05, 0.1) is 0 Å². The molecular weight excluding hydrogens is 162 g/mol. The highest BCUT2D eigenvalue weighted by Crippen LogP contribution is 2.10. The van der Waals surface area contributed by atoms with Gasteiger partial charge in [-0.25, -0.2) is 0 Å². The third kappa shape index (κ3) is 6.19. The second-order valence-electron chi connectivity index (χ2n) is 2.65. The molecule has 0 heterocycles. The van der Waals surface area contributed by atoms with Gasteiger partial charge in [0.2, 0.25) is 0 Å². The summed E-state index contributed by atoms with van der Waals surface area (Å²) < 4.78 is 0. The van der Waals surface area contributed by atoms with Crippen molar-refractivity contribution in [2.45, 2.75) is 31.6 Å². The van der Waals surface area contributed by atoms with Gasteiger partial charge < -0.3 is 10.8 Å². The average molecular weight is 177 g/mol. The van der Waals surface area contributed by atoms with E-state index in [0.717, 1.165) is 5.75 Å². The lowest BCUT2D eigenvalue weighted by molar-refractivity contribution is -0.138. The van der Waals surface area contributed by atoms with Crippen LogP contribution in [0.5, 0.6) is 0 Å². The molecule has 0 spiro atoms. The second-order valence-corrected chi connectivity index (χ2v) is 4.34. The maximum absolute atomic E-state index is 10.2. The van der Waals surface area contributed by atoms with Crippen LogP contribution >= 0.6 is 11.8 Å². The Morgan fingerprint density at radius 1 is 1.64 bits per heavy atom. The SMILES string of the molecule is CC(C)SCC[C@H](N)C(=O)O. The summed E-state index contributed by atoms with van der Waals surface area (Å²) in [6, 6.07) is -0.693. The smallest absolute Gasteiger partial charge is 0.320 e. The lowest BCUT2D eigenvalue weighted by Gasteiger charge is -2.07. The van der Waals surface area contributed by atoms with E-state index in [1.165, 1.54) is 0 Å². The third-order valence-corrected chi connectivity index (χ3v) is 2.34. The van der Waals surface area contributed by atoms with Gasteiger partial charge in [-0.05, 0) is 17.4 Å². The van der Waals surface area contributed by atoms with Crippen LogP contribution in [0.2, 0.25) is 0 Å². The van der Waals surface area contributed by atoms with E-state index in [1.807, 2.05) is 0 Å². The van der Waals surface area contributed by atoms with Crippen molar-refractivity contribution in [3.05, 3.63) is 0 Å². The van der Waals surface area contributed by atoms with Crippen molar-refractivity contribution in [2.24, 2.45) is 5.73 Å². The highest BCUT2D eigenvalue weighted by molar-refractivity contribution is 7.99. The van der Waals surface area contributed by atoms with Crippen molar-refractivity contribution in [3.63, 3.8) is 0 Å². The fraction of sp³-hybridized carbons (Fsp3) is 0.857. The summed E-state index contributed by atoms with van der Waals surface area (Å²) in [5.74, 6) is -0.0835. The Kier molecular flexibility index (Phi) is 5.32. The summed E-state index contributed by atoms with van der Waals surface area (Å²) in [6.07, 6.45) is 0.554. The number of carboxylic acids is 1. The Balaban J connectivity index is 3.31. The van der Waals surface area contributed by atoms with Crippen molar-refractivity contribution in [2.75, 3.05) is 5.75 Å². The Morgan fingerprint density at radius 3 is 2.55 bits per heavy atom. The first-order valence-corrected chi connectivity index (χ1v) is 4.69. The van der Waals surface area contributed by atoms with E-state index in [0.29, 0.717) is 11.7 Å². The van der Waals surface area contributed by atoms with Gasteiger partial charge in [-0.3, -0.25) is 4.79 Å². The van der Waals surface area contributed by atoms with Crippen molar-refractivity contribution < 1.29 is 9.90 Å². The average Bonchev–Trinajstić information content (AvgIpc) is 1.86. The molecule has 0 fully saturated rings. The van der Waals surface area contributed by atoms with E-state index in [-0.39, 0.29) is 0 Å². The van der Waals surface area contributed by atoms with Crippen LogP contribution in [0.1, 0.15) is 20.3 Å². The Hall–Kier alpha value is -0.220. The van der Waals surface area contributed by atoms with E-state index in [2.05, 4.69) is 13.8 Å². The minimum absolute atomic E-state index is 0.552. The molecule has 0 saturated carbocycles. The zero-order valence-corrected chi connectivity index (χ0v) is 7.73. The van der Waals surface area contributed by atoms with Gasteiger partial charge >= 0.3 is 5.97 Å². The normalized spacial score (nSPS) is 13.5. The van der Waals surface area contributed by atoms with Gasteiger partial charge in [0, 0.05) is 0 Å². The lowest BCUT2D eigenvalue weighted by atomic mass is 10.2. The van der Waals surface area contributed by atoms with Crippen molar-refractivity contribution in [3.8, 4) is 0 Å². The van der Waals surface area contributed by atoms with Gasteiger partial charge in [0.15, 0.2) is 0 Å². The minimum Gasteiger partial charge on any atom is -0.480 e. The summed E-state index contributed by atoms with van der Waals surface area (Å²) >= 11 is 1.73.